The fraction of sp³-hybridized carbons (Fsp3) is 0.429. The zero-order valence-electron chi connectivity index (χ0n) is 15.7. The average Bonchev–Trinajstić information content (AvgIpc) is 3.30. The highest BCUT2D eigenvalue weighted by Gasteiger charge is 2.48. The first kappa shape index (κ1) is 17.9. The summed E-state index contributed by atoms with van der Waals surface area (Å²) in [5.41, 5.74) is 2.06. The molecule has 1 N–H and O–H groups in total. The number of ether oxygens (including phenoxy) is 5. The normalized spacial score (nSPS) is 26.6. The molecule has 0 bridgehead atoms. The molecule has 0 unspecified atom stereocenters. The summed E-state index contributed by atoms with van der Waals surface area (Å²) < 4.78 is 28.3. The maximum absolute atomic E-state index is 9.84. The molecule has 2 aliphatic rings. The van der Waals surface area contributed by atoms with Crippen LogP contribution in [0.15, 0.2) is 36.4 Å². The molecule has 2 aliphatic heterocycles. The first-order valence-corrected chi connectivity index (χ1v) is 8.98. The Balaban J connectivity index is 1.57. The number of phenolic OH excluding ortho intramolecular Hbond substituents is 1. The van der Waals surface area contributed by atoms with Crippen molar-refractivity contribution >= 4 is 0 Å². The van der Waals surface area contributed by atoms with E-state index in [0.29, 0.717) is 30.5 Å². The van der Waals surface area contributed by atoms with Crippen LogP contribution in [0, 0.1) is 11.8 Å². The van der Waals surface area contributed by atoms with Crippen LogP contribution < -0.4 is 14.2 Å². The lowest BCUT2D eigenvalue weighted by Gasteiger charge is -2.18. The molecule has 4 atom stereocenters. The predicted molar refractivity (Wildman–Crippen MR) is 98.6 cm³/mol. The van der Waals surface area contributed by atoms with E-state index in [0.717, 1.165) is 11.1 Å². The van der Waals surface area contributed by atoms with Crippen molar-refractivity contribution in [2.24, 2.45) is 11.8 Å². The fourth-order valence-corrected chi connectivity index (χ4v) is 4.14. The Morgan fingerprint density at radius 2 is 1.26 bits per heavy atom. The van der Waals surface area contributed by atoms with Gasteiger partial charge in [-0.2, -0.15) is 0 Å². The molecular formula is C21H24O6. The van der Waals surface area contributed by atoms with Gasteiger partial charge in [-0.3, -0.25) is 0 Å². The summed E-state index contributed by atoms with van der Waals surface area (Å²) in [4.78, 5) is 0. The lowest BCUT2D eigenvalue weighted by molar-refractivity contribution is 0.0191. The minimum Gasteiger partial charge on any atom is -0.504 e. The molecule has 27 heavy (non-hydrogen) atoms. The molecule has 2 heterocycles. The second-order valence-corrected chi connectivity index (χ2v) is 6.88. The van der Waals surface area contributed by atoms with Crippen LogP contribution in [0.25, 0.3) is 0 Å². The van der Waals surface area contributed by atoms with Crippen LogP contribution in [-0.4, -0.2) is 39.6 Å². The van der Waals surface area contributed by atoms with Gasteiger partial charge in [0.25, 0.3) is 0 Å². The van der Waals surface area contributed by atoms with Crippen molar-refractivity contribution in [3.05, 3.63) is 47.5 Å². The number of hydrogen-bond donors (Lipinski definition) is 1. The van der Waals surface area contributed by atoms with E-state index in [1.54, 1.807) is 27.4 Å². The third kappa shape index (κ3) is 3.09. The molecule has 0 spiro atoms. The van der Waals surface area contributed by atoms with Crippen LogP contribution in [0.1, 0.15) is 23.3 Å². The SMILES string of the molecule is COc1cc([C@H]2OC[C@@H]3[C@@H]2CO[C@H]3c2ccc(OC)c(OC)c2)ccc1O. The monoisotopic (exact) mass is 372 g/mol. The van der Waals surface area contributed by atoms with Gasteiger partial charge in [0, 0.05) is 11.8 Å². The van der Waals surface area contributed by atoms with Gasteiger partial charge in [0.1, 0.15) is 0 Å². The zero-order valence-corrected chi connectivity index (χ0v) is 15.7. The molecule has 6 heteroatoms. The van der Waals surface area contributed by atoms with Crippen molar-refractivity contribution in [3.8, 4) is 23.0 Å². The molecule has 2 aromatic rings. The Bertz CT molecular complexity index is 820. The average molecular weight is 372 g/mol. The van der Waals surface area contributed by atoms with Gasteiger partial charge < -0.3 is 28.8 Å². The third-order valence-electron chi connectivity index (χ3n) is 5.53. The summed E-state index contributed by atoms with van der Waals surface area (Å²) in [6, 6.07) is 11.3. The minimum atomic E-state index is -0.0744. The van der Waals surface area contributed by atoms with Gasteiger partial charge in [0.15, 0.2) is 23.0 Å². The lowest BCUT2D eigenvalue weighted by Crippen LogP contribution is -2.14. The summed E-state index contributed by atoms with van der Waals surface area (Å²) >= 11 is 0. The first-order chi connectivity index (χ1) is 13.2. The quantitative estimate of drug-likeness (QED) is 0.867. The van der Waals surface area contributed by atoms with Gasteiger partial charge in [-0.1, -0.05) is 12.1 Å². The van der Waals surface area contributed by atoms with E-state index >= 15 is 0 Å². The highest BCUT2D eigenvalue weighted by atomic mass is 16.5. The number of aromatic hydroxyl groups is 1. The van der Waals surface area contributed by atoms with Gasteiger partial charge in [-0.15, -0.1) is 0 Å². The number of methoxy groups -OCH3 is 3. The van der Waals surface area contributed by atoms with Crippen molar-refractivity contribution in [2.45, 2.75) is 12.2 Å². The number of hydrogen-bond acceptors (Lipinski definition) is 6. The molecule has 2 fully saturated rings. The van der Waals surface area contributed by atoms with Crippen LogP contribution in [0.3, 0.4) is 0 Å². The zero-order chi connectivity index (χ0) is 19.0. The van der Waals surface area contributed by atoms with Crippen molar-refractivity contribution < 1.29 is 28.8 Å². The summed E-state index contributed by atoms with van der Waals surface area (Å²) in [5.74, 6) is 2.48. The molecule has 0 amide bonds. The molecule has 0 radical (unpaired) electrons. The maximum atomic E-state index is 9.84. The van der Waals surface area contributed by atoms with E-state index in [4.69, 9.17) is 23.7 Å². The van der Waals surface area contributed by atoms with E-state index in [9.17, 15) is 5.11 Å². The molecular weight excluding hydrogens is 348 g/mol. The van der Waals surface area contributed by atoms with Crippen LogP contribution >= 0.6 is 0 Å². The van der Waals surface area contributed by atoms with Gasteiger partial charge >= 0.3 is 0 Å². The van der Waals surface area contributed by atoms with E-state index in [-0.39, 0.29) is 29.8 Å². The van der Waals surface area contributed by atoms with Crippen molar-refractivity contribution in [1.82, 2.24) is 0 Å². The molecule has 0 aromatic heterocycles. The molecule has 144 valence electrons. The van der Waals surface area contributed by atoms with E-state index in [1.165, 1.54) is 0 Å². The molecule has 0 aliphatic carbocycles. The standard InChI is InChI=1S/C21H24O6/c1-23-17-7-5-13(9-19(17)25-3)21-15-11-26-20(14(15)10-27-21)12-4-6-16(22)18(8-12)24-2/h4-9,14-15,20-22H,10-11H2,1-3H3/t14-,15+,20+,21-/m0/s1. The third-order valence-corrected chi connectivity index (χ3v) is 5.53. The highest BCUT2D eigenvalue weighted by Crippen LogP contribution is 2.51. The summed E-state index contributed by atoms with van der Waals surface area (Å²) in [7, 11) is 4.80. The minimum absolute atomic E-state index is 0.0428. The van der Waals surface area contributed by atoms with Gasteiger partial charge in [-0.25, -0.2) is 0 Å². The van der Waals surface area contributed by atoms with Crippen molar-refractivity contribution in [3.63, 3.8) is 0 Å². The van der Waals surface area contributed by atoms with E-state index < -0.39 is 0 Å². The number of phenols is 1. The molecule has 0 saturated carbocycles. The van der Waals surface area contributed by atoms with Gasteiger partial charge in [0.2, 0.25) is 0 Å². The van der Waals surface area contributed by atoms with Crippen LogP contribution in [0.5, 0.6) is 23.0 Å². The van der Waals surface area contributed by atoms with Gasteiger partial charge in [-0.05, 0) is 35.4 Å². The molecule has 4 rings (SSSR count). The Morgan fingerprint density at radius 3 is 1.81 bits per heavy atom. The Morgan fingerprint density at radius 1 is 0.741 bits per heavy atom. The van der Waals surface area contributed by atoms with Crippen molar-refractivity contribution in [2.75, 3.05) is 34.5 Å². The first-order valence-electron chi connectivity index (χ1n) is 8.98. The second kappa shape index (κ2) is 7.29. The fourth-order valence-electron chi connectivity index (χ4n) is 4.14. The van der Waals surface area contributed by atoms with E-state index in [2.05, 4.69) is 0 Å². The van der Waals surface area contributed by atoms with Crippen LogP contribution in [0.4, 0.5) is 0 Å². The number of fused-ring (bicyclic) bond motifs is 1. The predicted octanol–water partition coefficient (Wildman–Crippen LogP) is 3.49. The maximum Gasteiger partial charge on any atom is 0.161 e. The summed E-state index contributed by atoms with van der Waals surface area (Å²) in [6.45, 7) is 1.25. The largest absolute Gasteiger partial charge is 0.504 e. The number of rotatable bonds is 5. The Kier molecular flexibility index (Phi) is 4.85. The molecule has 2 aromatic carbocycles. The molecule has 6 nitrogen and oxygen atoms in total. The Hall–Kier alpha value is -2.44. The summed E-state index contributed by atoms with van der Waals surface area (Å²) in [6.07, 6.45) is -0.117. The highest BCUT2D eigenvalue weighted by molar-refractivity contribution is 5.45. The second-order valence-electron chi connectivity index (χ2n) is 6.88. The van der Waals surface area contributed by atoms with Crippen LogP contribution in [0.2, 0.25) is 0 Å². The molecule has 2 saturated heterocycles. The van der Waals surface area contributed by atoms with Gasteiger partial charge in [0.05, 0.1) is 46.8 Å². The lowest BCUT2D eigenvalue weighted by atomic mass is 9.85. The smallest absolute Gasteiger partial charge is 0.161 e. The topological polar surface area (TPSA) is 66.4 Å². The summed E-state index contributed by atoms with van der Waals surface area (Å²) in [5, 5.41) is 9.84. The van der Waals surface area contributed by atoms with E-state index in [1.807, 2.05) is 30.3 Å². The number of benzene rings is 2. The van der Waals surface area contributed by atoms with Crippen LogP contribution in [-0.2, 0) is 9.47 Å². The Labute approximate surface area is 158 Å². The van der Waals surface area contributed by atoms with Crippen molar-refractivity contribution in [1.29, 1.82) is 0 Å².